The molecule has 0 unspecified atom stereocenters. The van der Waals surface area contributed by atoms with E-state index in [4.69, 9.17) is 9.47 Å². The van der Waals surface area contributed by atoms with Gasteiger partial charge in [0.15, 0.2) is 0 Å². The molecule has 1 N–H and O–H groups in total. The summed E-state index contributed by atoms with van der Waals surface area (Å²) in [6, 6.07) is 14.3. The standard InChI is InChI=1S/C22H26FNO3S/c1-2-27-19-7-3-17(4-8-19)22(11-13-26-14-12-22)16-24-21(25)15-28-20-9-5-18(23)6-10-20/h3-10H,2,11-16H2,1H3,(H,24,25). The van der Waals surface area contributed by atoms with E-state index in [0.29, 0.717) is 32.1 Å². The lowest BCUT2D eigenvalue weighted by atomic mass is 9.74. The van der Waals surface area contributed by atoms with Crippen LogP contribution < -0.4 is 10.1 Å². The number of rotatable bonds is 8. The van der Waals surface area contributed by atoms with Gasteiger partial charge >= 0.3 is 0 Å². The summed E-state index contributed by atoms with van der Waals surface area (Å²) in [7, 11) is 0. The Hall–Kier alpha value is -2.05. The zero-order chi connectivity index (χ0) is 19.8. The number of carbonyl (C=O) groups is 1. The highest BCUT2D eigenvalue weighted by Gasteiger charge is 2.34. The lowest BCUT2D eigenvalue weighted by Gasteiger charge is -2.38. The summed E-state index contributed by atoms with van der Waals surface area (Å²) in [5.74, 6) is 0.867. The second-order valence-corrected chi connectivity index (χ2v) is 7.92. The van der Waals surface area contributed by atoms with Crippen molar-refractivity contribution in [1.29, 1.82) is 0 Å². The molecule has 2 aromatic rings. The Labute approximate surface area is 169 Å². The Bertz CT molecular complexity index is 758. The Morgan fingerprint density at radius 1 is 1.14 bits per heavy atom. The molecule has 6 heteroatoms. The van der Waals surface area contributed by atoms with Crippen molar-refractivity contribution in [3.05, 3.63) is 59.9 Å². The Morgan fingerprint density at radius 3 is 2.46 bits per heavy atom. The number of hydrogen-bond donors (Lipinski definition) is 1. The number of thioether (sulfide) groups is 1. The number of halogens is 1. The quantitative estimate of drug-likeness (QED) is 0.672. The van der Waals surface area contributed by atoms with Crippen LogP contribution in [0, 0.1) is 5.82 Å². The first-order chi connectivity index (χ1) is 13.6. The second-order valence-electron chi connectivity index (χ2n) is 6.87. The van der Waals surface area contributed by atoms with Crippen LogP contribution in [0.15, 0.2) is 53.4 Å². The van der Waals surface area contributed by atoms with E-state index in [2.05, 4.69) is 17.4 Å². The molecule has 1 saturated heterocycles. The Kier molecular flexibility index (Phi) is 7.34. The second kappa shape index (κ2) is 9.94. The van der Waals surface area contributed by atoms with Crippen LogP contribution in [0.2, 0.25) is 0 Å². The fourth-order valence-corrected chi connectivity index (χ4v) is 4.13. The van der Waals surface area contributed by atoms with E-state index in [9.17, 15) is 9.18 Å². The third-order valence-corrected chi connectivity index (χ3v) is 6.05. The average Bonchev–Trinajstić information content (AvgIpc) is 2.73. The van der Waals surface area contributed by atoms with Crippen molar-refractivity contribution in [2.24, 2.45) is 0 Å². The van der Waals surface area contributed by atoms with E-state index < -0.39 is 0 Å². The number of hydrogen-bond acceptors (Lipinski definition) is 4. The molecular weight excluding hydrogens is 377 g/mol. The topological polar surface area (TPSA) is 47.6 Å². The first kappa shape index (κ1) is 20.7. The summed E-state index contributed by atoms with van der Waals surface area (Å²) in [5, 5.41) is 3.09. The summed E-state index contributed by atoms with van der Waals surface area (Å²) in [4.78, 5) is 13.3. The highest BCUT2D eigenvalue weighted by molar-refractivity contribution is 8.00. The van der Waals surface area contributed by atoms with Gasteiger partial charge in [-0.15, -0.1) is 11.8 Å². The number of benzene rings is 2. The molecule has 0 spiro atoms. The van der Waals surface area contributed by atoms with Crippen molar-refractivity contribution < 1.29 is 18.7 Å². The van der Waals surface area contributed by atoms with Gasteiger partial charge in [-0.1, -0.05) is 12.1 Å². The molecule has 4 nitrogen and oxygen atoms in total. The van der Waals surface area contributed by atoms with Gasteiger partial charge < -0.3 is 14.8 Å². The molecular formula is C22H26FNO3S. The minimum Gasteiger partial charge on any atom is -0.494 e. The van der Waals surface area contributed by atoms with Crippen molar-refractivity contribution >= 4 is 17.7 Å². The molecule has 1 heterocycles. The van der Waals surface area contributed by atoms with Crippen molar-refractivity contribution in [2.75, 3.05) is 32.1 Å². The molecule has 2 aromatic carbocycles. The number of carbonyl (C=O) groups excluding carboxylic acids is 1. The summed E-state index contributed by atoms with van der Waals surface area (Å²) in [6.45, 7) is 4.56. The van der Waals surface area contributed by atoms with E-state index in [1.54, 1.807) is 12.1 Å². The summed E-state index contributed by atoms with van der Waals surface area (Å²) in [6.07, 6.45) is 1.73. The summed E-state index contributed by atoms with van der Waals surface area (Å²) in [5.41, 5.74) is 1.07. The highest BCUT2D eigenvalue weighted by atomic mass is 32.2. The number of ether oxygens (including phenoxy) is 2. The predicted molar refractivity (Wildman–Crippen MR) is 109 cm³/mol. The summed E-state index contributed by atoms with van der Waals surface area (Å²) >= 11 is 1.41. The third kappa shape index (κ3) is 5.49. The van der Waals surface area contributed by atoms with E-state index in [1.165, 1.54) is 29.5 Å². The molecule has 0 aliphatic carbocycles. The molecule has 0 aromatic heterocycles. The van der Waals surface area contributed by atoms with E-state index in [-0.39, 0.29) is 17.1 Å². The van der Waals surface area contributed by atoms with Crippen LogP contribution in [0.25, 0.3) is 0 Å². The number of amides is 1. The van der Waals surface area contributed by atoms with E-state index in [0.717, 1.165) is 23.5 Å². The van der Waals surface area contributed by atoms with Crippen molar-refractivity contribution in [2.45, 2.75) is 30.1 Å². The first-order valence-electron chi connectivity index (χ1n) is 9.57. The van der Waals surface area contributed by atoms with Crippen LogP contribution in [0.1, 0.15) is 25.3 Å². The van der Waals surface area contributed by atoms with Crippen LogP contribution in [-0.4, -0.2) is 38.0 Å². The Balaban J connectivity index is 1.60. The molecule has 28 heavy (non-hydrogen) atoms. The van der Waals surface area contributed by atoms with Crippen LogP contribution in [0.3, 0.4) is 0 Å². The molecule has 1 fully saturated rings. The molecule has 1 amide bonds. The van der Waals surface area contributed by atoms with Gasteiger partial charge in [-0.3, -0.25) is 4.79 Å². The molecule has 1 aliphatic rings. The molecule has 0 atom stereocenters. The fraction of sp³-hybridized carbons (Fsp3) is 0.409. The molecule has 0 radical (unpaired) electrons. The summed E-state index contributed by atoms with van der Waals surface area (Å²) < 4.78 is 24.1. The Morgan fingerprint density at radius 2 is 1.82 bits per heavy atom. The van der Waals surface area contributed by atoms with Gasteiger partial charge in [0.05, 0.1) is 12.4 Å². The predicted octanol–water partition coefficient (Wildman–Crippen LogP) is 4.18. The molecule has 0 bridgehead atoms. The van der Waals surface area contributed by atoms with Gasteiger partial charge in [0.1, 0.15) is 11.6 Å². The SMILES string of the molecule is CCOc1ccc(C2(CNC(=O)CSc3ccc(F)cc3)CCOCC2)cc1. The minimum absolute atomic E-state index is 0.0221. The first-order valence-corrected chi connectivity index (χ1v) is 10.6. The maximum atomic E-state index is 13.0. The smallest absolute Gasteiger partial charge is 0.230 e. The molecule has 3 rings (SSSR count). The lowest BCUT2D eigenvalue weighted by molar-refractivity contribution is -0.119. The van der Waals surface area contributed by atoms with Crippen molar-refractivity contribution in [3.8, 4) is 5.75 Å². The van der Waals surface area contributed by atoms with Crippen molar-refractivity contribution in [1.82, 2.24) is 5.32 Å². The van der Waals surface area contributed by atoms with Crippen molar-refractivity contribution in [3.63, 3.8) is 0 Å². The van der Waals surface area contributed by atoms with Gasteiger partial charge in [0.25, 0.3) is 0 Å². The largest absolute Gasteiger partial charge is 0.494 e. The average molecular weight is 404 g/mol. The van der Waals surface area contributed by atoms with Gasteiger partial charge in [-0.05, 0) is 61.7 Å². The van der Waals surface area contributed by atoms with Gasteiger partial charge in [-0.25, -0.2) is 4.39 Å². The van der Waals surface area contributed by atoms with Crippen LogP contribution in [0.5, 0.6) is 5.75 Å². The fourth-order valence-electron chi connectivity index (χ4n) is 3.40. The maximum absolute atomic E-state index is 13.0. The molecule has 0 saturated carbocycles. The van der Waals surface area contributed by atoms with Crippen LogP contribution in [0.4, 0.5) is 4.39 Å². The maximum Gasteiger partial charge on any atom is 0.230 e. The lowest BCUT2D eigenvalue weighted by Crippen LogP contribution is -2.45. The van der Waals surface area contributed by atoms with E-state index >= 15 is 0 Å². The van der Waals surface area contributed by atoms with Crippen LogP contribution in [-0.2, 0) is 14.9 Å². The number of nitrogens with one attached hydrogen (secondary N) is 1. The van der Waals surface area contributed by atoms with Crippen LogP contribution >= 0.6 is 11.8 Å². The monoisotopic (exact) mass is 403 g/mol. The molecule has 1 aliphatic heterocycles. The van der Waals surface area contributed by atoms with Gasteiger partial charge in [0, 0.05) is 30.1 Å². The van der Waals surface area contributed by atoms with E-state index in [1.807, 2.05) is 19.1 Å². The van der Waals surface area contributed by atoms with Gasteiger partial charge in [-0.2, -0.15) is 0 Å². The van der Waals surface area contributed by atoms with Gasteiger partial charge in [0.2, 0.25) is 5.91 Å². The zero-order valence-electron chi connectivity index (χ0n) is 16.1. The third-order valence-electron chi connectivity index (χ3n) is 5.04. The highest BCUT2D eigenvalue weighted by Crippen LogP contribution is 2.35. The minimum atomic E-state index is -0.273. The zero-order valence-corrected chi connectivity index (χ0v) is 16.9. The normalized spacial score (nSPS) is 15.8. The molecule has 150 valence electrons.